The lowest BCUT2D eigenvalue weighted by molar-refractivity contribution is -0.117. The highest BCUT2D eigenvalue weighted by Crippen LogP contribution is 2.23. The third kappa shape index (κ3) is 2.60. The predicted octanol–water partition coefficient (Wildman–Crippen LogP) is 2.13. The third-order valence-electron chi connectivity index (χ3n) is 2.73. The Labute approximate surface area is 106 Å². The molecule has 0 aliphatic heterocycles. The fraction of sp³-hybridized carbons (Fsp3) is 0.214. The average Bonchev–Trinajstić information content (AvgIpc) is 2.37. The number of benzene rings is 2. The number of hydrogen-bond acceptors (Lipinski definition) is 3. The quantitative estimate of drug-likeness (QED) is 0.869. The average molecular weight is 244 g/mol. The molecule has 0 aliphatic rings. The van der Waals surface area contributed by atoms with Crippen molar-refractivity contribution >= 4 is 22.4 Å². The Morgan fingerprint density at radius 2 is 1.89 bits per heavy atom. The van der Waals surface area contributed by atoms with E-state index in [-0.39, 0.29) is 5.91 Å². The summed E-state index contributed by atoms with van der Waals surface area (Å²) in [4.78, 5) is 11.5. The van der Waals surface area contributed by atoms with Crippen LogP contribution in [0.25, 0.3) is 10.8 Å². The summed E-state index contributed by atoms with van der Waals surface area (Å²) in [5, 5.41) is 4.87. The van der Waals surface area contributed by atoms with E-state index < -0.39 is 6.04 Å². The Kier molecular flexibility index (Phi) is 3.48. The van der Waals surface area contributed by atoms with E-state index in [0.717, 1.165) is 22.2 Å². The van der Waals surface area contributed by atoms with Gasteiger partial charge in [-0.15, -0.1) is 0 Å². The van der Waals surface area contributed by atoms with E-state index in [1.165, 1.54) is 0 Å². The Morgan fingerprint density at radius 1 is 1.22 bits per heavy atom. The van der Waals surface area contributed by atoms with Crippen molar-refractivity contribution in [2.75, 3.05) is 12.4 Å². The zero-order chi connectivity index (χ0) is 13.1. The normalized spacial score (nSPS) is 12.2. The summed E-state index contributed by atoms with van der Waals surface area (Å²) in [7, 11) is 1.64. The molecule has 3 N–H and O–H groups in total. The van der Waals surface area contributed by atoms with Gasteiger partial charge in [0, 0.05) is 5.69 Å². The van der Waals surface area contributed by atoms with E-state index in [9.17, 15) is 4.79 Å². The summed E-state index contributed by atoms with van der Waals surface area (Å²) >= 11 is 0. The summed E-state index contributed by atoms with van der Waals surface area (Å²) in [5.74, 6) is 0.623. The van der Waals surface area contributed by atoms with Gasteiger partial charge in [-0.2, -0.15) is 0 Å². The summed E-state index contributed by atoms with van der Waals surface area (Å²) in [6.07, 6.45) is 0. The first-order valence-corrected chi connectivity index (χ1v) is 5.74. The summed E-state index contributed by atoms with van der Waals surface area (Å²) in [6.45, 7) is 1.65. The first-order valence-electron chi connectivity index (χ1n) is 5.74. The van der Waals surface area contributed by atoms with Gasteiger partial charge >= 0.3 is 0 Å². The minimum absolute atomic E-state index is 0.192. The van der Waals surface area contributed by atoms with E-state index in [4.69, 9.17) is 10.5 Å². The van der Waals surface area contributed by atoms with Crippen LogP contribution in [0, 0.1) is 0 Å². The summed E-state index contributed by atoms with van der Waals surface area (Å²) < 4.78 is 5.16. The second kappa shape index (κ2) is 5.06. The van der Waals surface area contributed by atoms with Gasteiger partial charge in [0.25, 0.3) is 0 Å². The minimum atomic E-state index is -0.517. The molecular formula is C14H16N2O2. The van der Waals surface area contributed by atoms with Crippen LogP contribution in [0.15, 0.2) is 36.4 Å². The van der Waals surface area contributed by atoms with Crippen LogP contribution in [-0.2, 0) is 4.79 Å². The van der Waals surface area contributed by atoms with Crippen molar-refractivity contribution in [2.45, 2.75) is 13.0 Å². The topological polar surface area (TPSA) is 64.3 Å². The number of carbonyl (C=O) groups is 1. The molecule has 0 heterocycles. The van der Waals surface area contributed by atoms with Crippen LogP contribution in [0.5, 0.6) is 5.75 Å². The van der Waals surface area contributed by atoms with Crippen LogP contribution in [0.1, 0.15) is 6.92 Å². The van der Waals surface area contributed by atoms with E-state index in [0.29, 0.717) is 0 Å². The Balaban J connectivity index is 2.30. The Hall–Kier alpha value is -2.07. The fourth-order valence-electron chi connectivity index (χ4n) is 1.68. The summed E-state index contributed by atoms with van der Waals surface area (Å²) in [5.41, 5.74) is 6.25. The smallest absolute Gasteiger partial charge is 0.240 e. The second-order valence-corrected chi connectivity index (χ2v) is 4.21. The first-order chi connectivity index (χ1) is 8.60. The number of rotatable bonds is 3. The maximum atomic E-state index is 11.5. The molecule has 2 aromatic carbocycles. The number of amides is 1. The van der Waals surface area contributed by atoms with Crippen LogP contribution in [0.3, 0.4) is 0 Å². The zero-order valence-electron chi connectivity index (χ0n) is 10.4. The van der Waals surface area contributed by atoms with E-state index in [1.807, 2.05) is 36.4 Å². The monoisotopic (exact) mass is 244 g/mol. The number of fused-ring (bicyclic) bond motifs is 1. The van der Waals surface area contributed by atoms with Crippen LogP contribution >= 0.6 is 0 Å². The van der Waals surface area contributed by atoms with Crippen molar-refractivity contribution in [2.24, 2.45) is 5.73 Å². The van der Waals surface area contributed by atoms with Gasteiger partial charge in [0.2, 0.25) is 5.91 Å². The molecule has 18 heavy (non-hydrogen) atoms. The van der Waals surface area contributed by atoms with Crippen molar-refractivity contribution in [1.29, 1.82) is 0 Å². The molecule has 1 atom stereocenters. The minimum Gasteiger partial charge on any atom is -0.497 e. The molecular weight excluding hydrogens is 228 g/mol. The number of anilines is 1. The Bertz CT molecular complexity index is 579. The van der Waals surface area contributed by atoms with Crippen molar-refractivity contribution in [3.63, 3.8) is 0 Å². The number of ether oxygens (including phenoxy) is 1. The van der Waals surface area contributed by atoms with Crippen LogP contribution in [-0.4, -0.2) is 19.1 Å². The number of methoxy groups -OCH3 is 1. The van der Waals surface area contributed by atoms with Gasteiger partial charge in [0.1, 0.15) is 5.75 Å². The van der Waals surface area contributed by atoms with Crippen molar-refractivity contribution in [3.8, 4) is 5.75 Å². The highest BCUT2D eigenvalue weighted by molar-refractivity contribution is 5.97. The third-order valence-corrected chi connectivity index (χ3v) is 2.73. The molecule has 0 bridgehead atoms. The molecule has 1 amide bonds. The zero-order valence-corrected chi connectivity index (χ0v) is 10.4. The second-order valence-electron chi connectivity index (χ2n) is 4.21. The van der Waals surface area contributed by atoms with Crippen molar-refractivity contribution in [1.82, 2.24) is 0 Å². The van der Waals surface area contributed by atoms with Crippen molar-refractivity contribution in [3.05, 3.63) is 36.4 Å². The van der Waals surface area contributed by atoms with E-state index in [2.05, 4.69) is 5.32 Å². The maximum absolute atomic E-state index is 11.5. The molecule has 0 aliphatic carbocycles. The predicted molar refractivity (Wildman–Crippen MR) is 72.8 cm³/mol. The molecule has 0 aromatic heterocycles. The number of nitrogens with one attached hydrogen (secondary N) is 1. The molecule has 0 saturated carbocycles. The molecule has 4 heteroatoms. The highest BCUT2D eigenvalue weighted by Gasteiger charge is 2.07. The standard InChI is InChI=1S/C14H16N2O2/c1-9(15)14(17)16-12-5-3-11-8-13(18-2)6-4-10(11)7-12/h3-9H,15H2,1-2H3,(H,16,17). The molecule has 1 unspecified atom stereocenters. The lowest BCUT2D eigenvalue weighted by Crippen LogP contribution is -2.32. The van der Waals surface area contributed by atoms with E-state index in [1.54, 1.807) is 14.0 Å². The SMILES string of the molecule is COc1ccc2cc(NC(=O)C(C)N)ccc2c1. The van der Waals surface area contributed by atoms with Crippen molar-refractivity contribution < 1.29 is 9.53 Å². The lowest BCUT2D eigenvalue weighted by atomic mass is 10.1. The molecule has 0 fully saturated rings. The highest BCUT2D eigenvalue weighted by atomic mass is 16.5. The van der Waals surface area contributed by atoms with Crippen LogP contribution in [0.4, 0.5) is 5.69 Å². The molecule has 0 spiro atoms. The fourth-order valence-corrected chi connectivity index (χ4v) is 1.68. The molecule has 0 radical (unpaired) electrons. The molecule has 4 nitrogen and oxygen atoms in total. The molecule has 2 rings (SSSR count). The largest absolute Gasteiger partial charge is 0.497 e. The van der Waals surface area contributed by atoms with Crippen LogP contribution < -0.4 is 15.8 Å². The maximum Gasteiger partial charge on any atom is 0.240 e. The number of nitrogens with two attached hydrogens (primary N) is 1. The van der Waals surface area contributed by atoms with Crippen LogP contribution in [0.2, 0.25) is 0 Å². The Morgan fingerprint density at radius 3 is 2.56 bits per heavy atom. The van der Waals surface area contributed by atoms with Gasteiger partial charge in [0.15, 0.2) is 0 Å². The first kappa shape index (κ1) is 12.4. The molecule has 0 saturated heterocycles. The van der Waals surface area contributed by atoms with Gasteiger partial charge in [0.05, 0.1) is 13.2 Å². The lowest BCUT2D eigenvalue weighted by Gasteiger charge is -2.09. The molecule has 2 aromatic rings. The number of carbonyl (C=O) groups excluding carboxylic acids is 1. The number of hydrogen-bond donors (Lipinski definition) is 2. The van der Waals surface area contributed by atoms with Gasteiger partial charge in [-0.25, -0.2) is 0 Å². The van der Waals surface area contributed by atoms with Gasteiger partial charge in [-0.3, -0.25) is 4.79 Å². The summed E-state index contributed by atoms with van der Waals surface area (Å²) in [6, 6.07) is 11.0. The van der Waals surface area contributed by atoms with Gasteiger partial charge in [-0.05, 0) is 42.0 Å². The molecule has 94 valence electrons. The van der Waals surface area contributed by atoms with Gasteiger partial charge < -0.3 is 15.8 Å². The van der Waals surface area contributed by atoms with E-state index >= 15 is 0 Å². The van der Waals surface area contributed by atoms with Gasteiger partial charge in [-0.1, -0.05) is 12.1 Å².